The van der Waals surface area contributed by atoms with Crippen LogP contribution in [0.3, 0.4) is 0 Å². The molecule has 1 heterocycles. The number of ether oxygens (including phenoxy) is 1. The second-order valence-corrected chi connectivity index (χ2v) is 11.8. The minimum atomic E-state index is -0.259. The number of aromatic hydroxyl groups is 1. The Morgan fingerprint density at radius 2 is 1.67 bits per heavy atom. The molecule has 0 spiro atoms. The van der Waals surface area contributed by atoms with E-state index in [9.17, 15) is 9.50 Å². The summed E-state index contributed by atoms with van der Waals surface area (Å²) < 4.78 is 18.9. The Hall–Kier alpha value is -3.11. The molecule has 0 unspecified atom stereocenters. The number of fused-ring (bicyclic) bond motifs is 1. The Kier molecular flexibility index (Phi) is 9.17. The summed E-state index contributed by atoms with van der Waals surface area (Å²) in [6.45, 7) is 9.12. The standard InChI is InChI=1S/C34H40FNO2.CH4/c1-34(2,3)27-12-8-24(9-13-27)31-7-4-6-26-22-28(37)14-17-32(26)33(31)25-10-15-29(16-11-25)38-30-18-21-36(23-30)20-5-19-35;/h8-17,22,30,37H,4-7,18-21,23H2,1-3H3;1H4/t30-;/m0./s1. The molecule has 5 rings (SSSR count). The summed E-state index contributed by atoms with van der Waals surface area (Å²) in [5.74, 6) is 1.20. The van der Waals surface area contributed by atoms with Crippen molar-refractivity contribution in [2.45, 2.75) is 71.8 Å². The van der Waals surface area contributed by atoms with Crippen LogP contribution in [-0.4, -0.2) is 42.4 Å². The largest absolute Gasteiger partial charge is 0.508 e. The third kappa shape index (κ3) is 6.73. The van der Waals surface area contributed by atoms with E-state index in [4.69, 9.17) is 4.74 Å². The van der Waals surface area contributed by atoms with E-state index in [0.29, 0.717) is 12.2 Å². The number of benzene rings is 3. The van der Waals surface area contributed by atoms with Gasteiger partial charge in [0.25, 0.3) is 0 Å². The Morgan fingerprint density at radius 1 is 0.949 bits per heavy atom. The molecule has 0 aromatic heterocycles. The number of nitrogens with zero attached hydrogens (tertiary/aromatic N) is 1. The molecule has 0 bridgehead atoms. The quantitative estimate of drug-likeness (QED) is 0.333. The number of hydrogen-bond acceptors (Lipinski definition) is 3. The Balaban J connectivity index is 0.00000353. The van der Waals surface area contributed by atoms with Crippen molar-refractivity contribution in [3.05, 3.63) is 94.5 Å². The van der Waals surface area contributed by atoms with Gasteiger partial charge in [-0.1, -0.05) is 70.7 Å². The lowest BCUT2D eigenvalue weighted by Crippen LogP contribution is -2.26. The van der Waals surface area contributed by atoms with Gasteiger partial charge in [-0.25, -0.2) is 0 Å². The van der Waals surface area contributed by atoms with Crippen LogP contribution in [0.15, 0.2) is 66.7 Å². The summed E-state index contributed by atoms with van der Waals surface area (Å²) in [6, 6.07) is 23.4. The van der Waals surface area contributed by atoms with Gasteiger partial charge in [0.2, 0.25) is 0 Å². The minimum Gasteiger partial charge on any atom is -0.508 e. The van der Waals surface area contributed by atoms with E-state index < -0.39 is 0 Å². The van der Waals surface area contributed by atoms with Crippen LogP contribution in [0.4, 0.5) is 4.39 Å². The molecule has 3 aromatic carbocycles. The minimum absolute atomic E-state index is 0. The number of likely N-dealkylation sites (tertiary alicyclic amines) is 1. The summed E-state index contributed by atoms with van der Waals surface area (Å²) in [4.78, 5) is 2.29. The van der Waals surface area contributed by atoms with Crippen LogP contribution in [0.5, 0.6) is 11.5 Å². The molecule has 2 aliphatic rings. The SMILES string of the molecule is C.CC(C)(C)c1ccc(C2=C(c3ccc(O[C@H]4CCN(CCCF)C4)cc3)c3ccc(O)cc3CCC2)cc1. The van der Waals surface area contributed by atoms with Gasteiger partial charge in [-0.3, -0.25) is 9.29 Å². The summed E-state index contributed by atoms with van der Waals surface area (Å²) in [5, 5.41) is 10.2. The Labute approximate surface area is 234 Å². The van der Waals surface area contributed by atoms with Crippen molar-refractivity contribution >= 4 is 11.1 Å². The molecule has 208 valence electrons. The first kappa shape index (κ1) is 28.9. The average molecular weight is 530 g/mol. The van der Waals surface area contributed by atoms with E-state index in [0.717, 1.165) is 56.6 Å². The third-order valence-corrected chi connectivity index (χ3v) is 7.92. The van der Waals surface area contributed by atoms with E-state index >= 15 is 0 Å². The lowest BCUT2D eigenvalue weighted by molar-refractivity contribution is 0.198. The first-order chi connectivity index (χ1) is 18.3. The maximum atomic E-state index is 12.5. The molecule has 1 fully saturated rings. The second kappa shape index (κ2) is 12.4. The van der Waals surface area contributed by atoms with Gasteiger partial charge < -0.3 is 9.84 Å². The number of hydrogen-bond donors (Lipinski definition) is 1. The Bertz CT molecular complexity index is 1270. The van der Waals surface area contributed by atoms with Crippen LogP contribution in [0, 0.1) is 0 Å². The smallest absolute Gasteiger partial charge is 0.119 e. The van der Waals surface area contributed by atoms with Gasteiger partial charge in [-0.2, -0.15) is 0 Å². The van der Waals surface area contributed by atoms with Gasteiger partial charge in [0.05, 0.1) is 6.67 Å². The number of phenolic OH excluding ortho intramolecular Hbond substituents is 1. The van der Waals surface area contributed by atoms with Crippen molar-refractivity contribution in [3.63, 3.8) is 0 Å². The maximum Gasteiger partial charge on any atom is 0.119 e. The summed E-state index contributed by atoms with van der Waals surface area (Å²) in [6.07, 6.45) is 4.69. The predicted molar refractivity (Wildman–Crippen MR) is 161 cm³/mol. The lowest BCUT2D eigenvalue weighted by Gasteiger charge is -2.21. The van der Waals surface area contributed by atoms with Crippen molar-refractivity contribution in [3.8, 4) is 11.5 Å². The number of aryl methyl sites for hydroxylation is 1. The lowest BCUT2D eigenvalue weighted by atomic mass is 9.84. The number of halogens is 1. The fourth-order valence-electron chi connectivity index (χ4n) is 5.84. The molecule has 1 saturated heterocycles. The van der Waals surface area contributed by atoms with Gasteiger partial charge in [-0.15, -0.1) is 0 Å². The zero-order valence-electron chi connectivity index (χ0n) is 23.0. The molecule has 3 nitrogen and oxygen atoms in total. The van der Waals surface area contributed by atoms with E-state index in [1.54, 1.807) is 6.07 Å². The van der Waals surface area contributed by atoms with E-state index in [1.807, 2.05) is 6.07 Å². The summed E-state index contributed by atoms with van der Waals surface area (Å²) in [5.41, 5.74) is 8.85. The molecular formula is C35H44FNO2. The second-order valence-electron chi connectivity index (χ2n) is 11.8. The number of phenols is 1. The Morgan fingerprint density at radius 3 is 2.36 bits per heavy atom. The molecule has 0 saturated carbocycles. The first-order valence-corrected chi connectivity index (χ1v) is 14.0. The molecule has 0 radical (unpaired) electrons. The molecule has 1 aliphatic heterocycles. The molecule has 1 N–H and O–H groups in total. The van der Waals surface area contributed by atoms with Crippen molar-refractivity contribution in [1.82, 2.24) is 4.90 Å². The highest BCUT2D eigenvalue weighted by Crippen LogP contribution is 2.41. The summed E-state index contributed by atoms with van der Waals surface area (Å²) >= 11 is 0. The fraction of sp³-hybridized carbons (Fsp3) is 0.429. The highest BCUT2D eigenvalue weighted by Gasteiger charge is 2.24. The van der Waals surface area contributed by atoms with Crippen LogP contribution in [0.25, 0.3) is 11.1 Å². The molecule has 3 aromatic rings. The van der Waals surface area contributed by atoms with Crippen LogP contribution in [-0.2, 0) is 11.8 Å². The molecule has 1 atom stereocenters. The van der Waals surface area contributed by atoms with Crippen molar-refractivity contribution in [1.29, 1.82) is 0 Å². The van der Waals surface area contributed by atoms with Crippen LogP contribution < -0.4 is 4.74 Å². The molecule has 39 heavy (non-hydrogen) atoms. The van der Waals surface area contributed by atoms with Gasteiger partial charge in [0, 0.05) is 19.6 Å². The molecule has 4 heteroatoms. The average Bonchev–Trinajstić information content (AvgIpc) is 3.26. The third-order valence-electron chi connectivity index (χ3n) is 7.92. The topological polar surface area (TPSA) is 32.7 Å². The van der Waals surface area contributed by atoms with Gasteiger partial charge >= 0.3 is 0 Å². The van der Waals surface area contributed by atoms with E-state index in [-0.39, 0.29) is 25.6 Å². The van der Waals surface area contributed by atoms with Crippen molar-refractivity contribution in [2.75, 3.05) is 26.3 Å². The molecule has 0 amide bonds. The fourth-order valence-corrected chi connectivity index (χ4v) is 5.84. The van der Waals surface area contributed by atoms with Crippen LogP contribution in [0.1, 0.15) is 81.7 Å². The zero-order chi connectivity index (χ0) is 26.7. The zero-order valence-corrected chi connectivity index (χ0v) is 23.0. The number of rotatable bonds is 7. The van der Waals surface area contributed by atoms with E-state index in [1.165, 1.54) is 33.4 Å². The maximum absolute atomic E-state index is 12.5. The normalized spacial score (nSPS) is 17.9. The van der Waals surface area contributed by atoms with Crippen LogP contribution in [0.2, 0.25) is 0 Å². The van der Waals surface area contributed by atoms with Crippen molar-refractivity contribution < 1.29 is 14.2 Å². The molecule has 1 aliphatic carbocycles. The number of allylic oxidation sites excluding steroid dienone is 1. The van der Waals surface area contributed by atoms with Crippen LogP contribution >= 0.6 is 0 Å². The predicted octanol–water partition coefficient (Wildman–Crippen LogP) is 8.43. The van der Waals surface area contributed by atoms with Gasteiger partial charge in [0.1, 0.15) is 17.6 Å². The van der Waals surface area contributed by atoms with Gasteiger partial charge in [0.15, 0.2) is 0 Å². The van der Waals surface area contributed by atoms with E-state index in [2.05, 4.69) is 80.3 Å². The first-order valence-electron chi connectivity index (χ1n) is 14.0. The van der Waals surface area contributed by atoms with Crippen molar-refractivity contribution in [2.24, 2.45) is 0 Å². The number of alkyl halides is 1. The molecular weight excluding hydrogens is 485 g/mol. The highest BCUT2D eigenvalue weighted by molar-refractivity contribution is 6.00. The monoisotopic (exact) mass is 529 g/mol. The summed E-state index contributed by atoms with van der Waals surface area (Å²) in [7, 11) is 0. The van der Waals surface area contributed by atoms with Gasteiger partial charge in [-0.05, 0) is 101 Å². The highest BCUT2D eigenvalue weighted by atomic mass is 19.1.